The fourth-order valence-corrected chi connectivity index (χ4v) is 4.61. The molecule has 4 rings (SSSR count). The van der Waals surface area contributed by atoms with E-state index in [0.717, 1.165) is 20.9 Å². The van der Waals surface area contributed by atoms with Gasteiger partial charge >= 0.3 is 5.97 Å². The molecule has 0 radical (unpaired) electrons. The molecule has 3 aromatic rings. The number of amides is 2. The highest BCUT2D eigenvalue weighted by Crippen LogP contribution is 2.28. The molecular weight excluding hydrogens is 410 g/mol. The number of fused-ring (bicyclic) bond motifs is 1. The largest absolute Gasteiger partial charge is 0.481 e. The van der Waals surface area contributed by atoms with Crippen LogP contribution in [0, 0.1) is 5.92 Å². The number of thioether (sulfide) groups is 1. The van der Waals surface area contributed by atoms with Crippen LogP contribution in [0.5, 0.6) is 0 Å². The van der Waals surface area contributed by atoms with Gasteiger partial charge in [0, 0.05) is 17.2 Å². The first-order valence-corrected chi connectivity index (χ1v) is 11.0. The minimum Gasteiger partial charge on any atom is -0.481 e. The van der Waals surface area contributed by atoms with Gasteiger partial charge in [-0.25, -0.2) is 0 Å². The minimum atomic E-state index is -0.926. The molecule has 0 saturated carbocycles. The van der Waals surface area contributed by atoms with Crippen LogP contribution in [-0.4, -0.2) is 40.1 Å². The smallest absolute Gasteiger partial charge is 0.307 e. The van der Waals surface area contributed by atoms with Crippen LogP contribution in [0.3, 0.4) is 0 Å². The topological polar surface area (TPSA) is 74.7 Å². The summed E-state index contributed by atoms with van der Waals surface area (Å²) in [7, 11) is 0. The fraction of sp³-hybridized carbons (Fsp3) is 0.160. The van der Waals surface area contributed by atoms with Gasteiger partial charge in [-0.1, -0.05) is 54.6 Å². The number of carboxylic acids is 1. The maximum Gasteiger partial charge on any atom is 0.307 e. The van der Waals surface area contributed by atoms with Crippen LogP contribution in [0.4, 0.5) is 0 Å². The van der Waals surface area contributed by atoms with Crippen molar-refractivity contribution in [3.63, 3.8) is 0 Å². The lowest BCUT2D eigenvalue weighted by molar-refractivity contribution is -0.141. The van der Waals surface area contributed by atoms with Crippen molar-refractivity contribution < 1.29 is 19.5 Å². The molecule has 31 heavy (non-hydrogen) atoms. The zero-order valence-corrected chi connectivity index (χ0v) is 17.5. The first-order valence-electron chi connectivity index (χ1n) is 10.0. The van der Waals surface area contributed by atoms with E-state index in [1.165, 1.54) is 11.8 Å². The number of carbonyl (C=O) groups is 3. The SMILES string of the molecule is O=C(O)C(CCN1C(=O)c2ccccc2C1=O)CSc1ccc(-c2ccccc2)cc1. The highest BCUT2D eigenvalue weighted by Gasteiger charge is 2.35. The van der Waals surface area contributed by atoms with E-state index < -0.39 is 11.9 Å². The summed E-state index contributed by atoms with van der Waals surface area (Å²) in [5.41, 5.74) is 2.99. The molecule has 0 spiro atoms. The summed E-state index contributed by atoms with van der Waals surface area (Å²) in [5.74, 6) is -1.93. The van der Waals surface area contributed by atoms with Crippen molar-refractivity contribution in [2.45, 2.75) is 11.3 Å². The predicted molar refractivity (Wildman–Crippen MR) is 120 cm³/mol. The molecule has 1 heterocycles. The van der Waals surface area contributed by atoms with Gasteiger partial charge in [0.25, 0.3) is 11.8 Å². The Kier molecular flexibility index (Phi) is 6.18. The summed E-state index contributed by atoms with van der Waals surface area (Å²) in [4.78, 5) is 38.8. The van der Waals surface area contributed by atoms with Crippen LogP contribution in [0.1, 0.15) is 27.1 Å². The molecule has 3 aromatic carbocycles. The molecule has 5 nitrogen and oxygen atoms in total. The van der Waals surface area contributed by atoms with Gasteiger partial charge < -0.3 is 5.11 Å². The van der Waals surface area contributed by atoms with Gasteiger partial charge in [-0.15, -0.1) is 11.8 Å². The Hall–Kier alpha value is -3.38. The molecule has 0 fully saturated rings. The zero-order valence-electron chi connectivity index (χ0n) is 16.7. The van der Waals surface area contributed by atoms with Gasteiger partial charge in [0.1, 0.15) is 0 Å². The molecule has 1 atom stereocenters. The maximum atomic E-state index is 12.5. The summed E-state index contributed by atoms with van der Waals surface area (Å²) < 4.78 is 0. The second kappa shape index (κ2) is 9.18. The number of imide groups is 1. The fourth-order valence-electron chi connectivity index (χ4n) is 3.58. The number of hydrogen-bond acceptors (Lipinski definition) is 4. The molecule has 1 N–H and O–H groups in total. The predicted octanol–water partition coefficient (Wildman–Crippen LogP) is 4.83. The van der Waals surface area contributed by atoms with Gasteiger partial charge in [0.05, 0.1) is 17.0 Å². The molecule has 0 saturated heterocycles. The van der Waals surface area contributed by atoms with E-state index in [-0.39, 0.29) is 24.8 Å². The number of nitrogens with zero attached hydrogens (tertiary/aromatic N) is 1. The molecule has 0 bridgehead atoms. The van der Waals surface area contributed by atoms with Crippen molar-refractivity contribution in [2.75, 3.05) is 12.3 Å². The summed E-state index contributed by atoms with van der Waals surface area (Å²) in [6, 6.07) is 24.7. The van der Waals surface area contributed by atoms with Gasteiger partial charge in [-0.3, -0.25) is 19.3 Å². The minimum absolute atomic E-state index is 0.0941. The number of aliphatic carboxylic acids is 1. The Labute approximate surface area is 184 Å². The van der Waals surface area contributed by atoms with E-state index in [1.54, 1.807) is 24.3 Å². The lowest BCUT2D eigenvalue weighted by Gasteiger charge is -2.17. The van der Waals surface area contributed by atoms with Crippen molar-refractivity contribution in [3.05, 3.63) is 90.0 Å². The van der Waals surface area contributed by atoms with Gasteiger partial charge in [0.2, 0.25) is 0 Å². The van der Waals surface area contributed by atoms with Crippen LogP contribution in [0.2, 0.25) is 0 Å². The summed E-state index contributed by atoms with van der Waals surface area (Å²) >= 11 is 1.46. The van der Waals surface area contributed by atoms with Crippen LogP contribution in [0.25, 0.3) is 11.1 Å². The number of benzene rings is 3. The highest BCUT2D eigenvalue weighted by molar-refractivity contribution is 7.99. The molecular formula is C25H21NO4S. The molecule has 156 valence electrons. The Morgan fingerprint density at radius 2 is 1.35 bits per heavy atom. The van der Waals surface area contributed by atoms with E-state index in [0.29, 0.717) is 16.9 Å². The van der Waals surface area contributed by atoms with Crippen LogP contribution >= 0.6 is 11.8 Å². The van der Waals surface area contributed by atoms with Crippen molar-refractivity contribution in [3.8, 4) is 11.1 Å². The van der Waals surface area contributed by atoms with E-state index in [4.69, 9.17) is 0 Å². The second-order valence-corrected chi connectivity index (χ2v) is 8.43. The monoisotopic (exact) mass is 431 g/mol. The van der Waals surface area contributed by atoms with Crippen LogP contribution < -0.4 is 0 Å². The third-order valence-electron chi connectivity index (χ3n) is 5.34. The summed E-state index contributed by atoms with van der Waals surface area (Å²) in [5, 5.41) is 9.62. The standard InChI is InChI=1S/C25H21NO4S/c27-23-21-8-4-5-9-22(21)24(28)26(23)15-14-19(25(29)30)16-31-20-12-10-18(11-13-20)17-6-2-1-3-7-17/h1-13,19H,14-16H2,(H,29,30). The van der Waals surface area contributed by atoms with Gasteiger partial charge in [-0.05, 0) is 41.8 Å². The van der Waals surface area contributed by atoms with E-state index >= 15 is 0 Å². The number of carbonyl (C=O) groups excluding carboxylic acids is 2. The molecule has 2 amide bonds. The third kappa shape index (κ3) is 4.54. The molecule has 6 heteroatoms. The van der Waals surface area contributed by atoms with Crippen molar-refractivity contribution in [1.29, 1.82) is 0 Å². The van der Waals surface area contributed by atoms with Crippen molar-refractivity contribution in [2.24, 2.45) is 5.92 Å². The quantitative estimate of drug-likeness (QED) is 0.408. The summed E-state index contributed by atoms with van der Waals surface area (Å²) in [6.45, 7) is 0.0941. The van der Waals surface area contributed by atoms with Gasteiger partial charge in [0.15, 0.2) is 0 Å². The number of carboxylic acid groups (broad SMARTS) is 1. The average Bonchev–Trinajstić information content (AvgIpc) is 3.04. The molecule has 0 aliphatic carbocycles. The Bertz CT molecular complexity index is 1080. The van der Waals surface area contributed by atoms with Gasteiger partial charge in [-0.2, -0.15) is 0 Å². The number of hydrogen-bond donors (Lipinski definition) is 1. The third-order valence-corrected chi connectivity index (χ3v) is 6.52. The van der Waals surface area contributed by atoms with Crippen LogP contribution in [-0.2, 0) is 4.79 Å². The number of rotatable bonds is 8. The van der Waals surface area contributed by atoms with E-state index in [2.05, 4.69) is 0 Å². The molecule has 1 unspecified atom stereocenters. The lowest BCUT2D eigenvalue weighted by Crippen LogP contribution is -2.33. The van der Waals surface area contributed by atoms with Crippen LogP contribution in [0.15, 0.2) is 83.8 Å². The average molecular weight is 432 g/mol. The van der Waals surface area contributed by atoms with Crippen molar-refractivity contribution in [1.82, 2.24) is 4.90 Å². The summed E-state index contributed by atoms with van der Waals surface area (Å²) in [6.07, 6.45) is 0.218. The maximum absolute atomic E-state index is 12.5. The Morgan fingerprint density at radius 1 is 0.806 bits per heavy atom. The lowest BCUT2D eigenvalue weighted by atomic mass is 10.1. The van der Waals surface area contributed by atoms with E-state index in [1.807, 2.05) is 54.6 Å². The highest BCUT2D eigenvalue weighted by atomic mass is 32.2. The Morgan fingerprint density at radius 3 is 1.94 bits per heavy atom. The zero-order chi connectivity index (χ0) is 21.8. The Balaban J connectivity index is 1.35. The molecule has 1 aliphatic rings. The molecule has 1 aliphatic heterocycles. The second-order valence-electron chi connectivity index (χ2n) is 7.33. The normalized spacial score (nSPS) is 13.9. The first-order chi connectivity index (χ1) is 15.0. The first kappa shape index (κ1) is 20.9. The molecule has 0 aromatic heterocycles. The van der Waals surface area contributed by atoms with Crippen molar-refractivity contribution >= 4 is 29.5 Å². The van der Waals surface area contributed by atoms with E-state index in [9.17, 15) is 19.5 Å².